The average Bonchev–Trinajstić information content (AvgIpc) is 2.73. The highest BCUT2D eigenvalue weighted by molar-refractivity contribution is 6.09. The average molecular weight is 445 g/mol. The van der Waals surface area contributed by atoms with Crippen LogP contribution in [0.1, 0.15) is 42.3 Å². The van der Waals surface area contributed by atoms with Crippen molar-refractivity contribution in [2.75, 3.05) is 33.3 Å². The number of carbonyl (C=O) groups excluding carboxylic acids is 3. The van der Waals surface area contributed by atoms with Gasteiger partial charge in [0.1, 0.15) is 11.4 Å². The molecule has 1 heterocycles. The van der Waals surface area contributed by atoms with Gasteiger partial charge >= 0.3 is 12.1 Å². The smallest absolute Gasteiger partial charge is 0.410 e. The lowest BCUT2D eigenvalue weighted by atomic mass is 9.92. The van der Waals surface area contributed by atoms with Gasteiger partial charge in [-0.25, -0.2) is 9.18 Å². The molecule has 7 nitrogen and oxygen atoms in total. The summed E-state index contributed by atoms with van der Waals surface area (Å²) in [4.78, 5) is 40.9. The summed E-state index contributed by atoms with van der Waals surface area (Å²) in [5, 5.41) is 1.17. The first-order valence-electron chi connectivity index (χ1n) is 10.6. The number of piperazine rings is 1. The van der Waals surface area contributed by atoms with E-state index in [9.17, 15) is 18.8 Å². The first-order valence-corrected chi connectivity index (χ1v) is 10.6. The van der Waals surface area contributed by atoms with Gasteiger partial charge < -0.3 is 19.3 Å². The van der Waals surface area contributed by atoms with E-state index < -0.39 is 23.5 Å². The van der Waals surface area contributed by atoms with Crippen molar-refractivity contribution >= 4 is 28.7 Å². The van der Waals surface area contributed by atoms with Crippen LogP contribution in [0.15, 0.2) is 24.3 Å². The molecule has 1 aliphatic heterocycles. The maximum absolute atomic E-state index is 14.0. The van der Waals surface area contributed by atoms with Crippen LogP contribution in [0.4, 0.5) is 9.18 Å². The highest BCUT2D eigenvalue weighted by Gasteiger charge is 2.30. The maximum atomic E-state index is 14.0. The van der Waals surface area contributed by atoms with E-state index in [2.05, 4.69) is 0 Å². The molecule has 2 amide bonds. The monoisotopic (exact) mass is 444 g/mol. The molecule has 0 aromatic heterocycles. The lowest BCUT2D eigenvalue weighted by molar-refractivity contribution is -0.139. The van der Waals surface area contributed by atoms with E-state index in [0.717, 1.165) is 0 Å². The van der Waals surface area contributed by atoms with E-state index in [1.165, 1.54) is 19.2 Å². The number of methoxy groups -OCH3 is 1. The van der Waals surface area contributed by atoms with Crippen molar-refractivity contribution in [1.29, 1.82) is 0 Å². The molecule has 2 aromatic carbocycles. The van der Waals surface area contributed by atoms with Crippen LogP contribution in [0.2, 0.25) is 0 Å². The Hall–Kier alpha value is -3.16. The van der Waals surface area contributed by atoms with E-state index in [1.54, 1.807) is 49.6 Å². The van der Waals surface area contributed by atoms with E-state index in [1.807, 2.05) is 0 Å². The van der Waals surface area contributed by atoms with Crippen molar-refractivity contribution in [3.05, 3.63) is 46.8 Å². The van der Waals surface area contributed by atoms with Gasteiger partial charge in [-0.2, -0.15) is 0 Å². The van der Waals surface area contributed by atoms with Crippen LogP contribution in [-0.2, 0) is 20.7 Å². The molecule has 1 saturated heterocycles. The van der Waals surface area contributed by atoms with Crippen molar-refractivity contribution in [3.63, 3.8) is 0 Å². The second kappa shape index (κ2) is 9.14. The van der Waals surface area contributed by atoms with Crippen LogP contribution in [0, 0.1) is 12.7 Å². The molecule has 0 bridgehead atoms. The number of nitrogens with zero attached hydrogens (tertiary/aromatic N) is 2. The zero-order valence-corrected chi connectivity index (χ0v) is 19.2. The van der Waals surface area contributed by atoms with Gasteiger partial charge in [0, 0.05) is 26.2 Å². The number of rotatable bonds is 3. The normalized spacial score (nSPS) is 14.4. The summed E-state index contributed by atoms with van der Waals surface area (Å²) < 4.78 is 24.2. The van der Waals surface area contributed by atoms with Crippen molar-refractivity contribution in [1.82, 2.24) is 9.80 Å². The summed E-state index contributed by atoms with van der Waals surface area (Å²) >= 11 is 0. The molecule has 0 atom stereocenters. The van der Waals surface area contributed by atoms with Gasteiger partial charge in [0.05, 0.1) is 19.1 Å². The molecule has 0 radical (unpaired) electrons. The number of hydrogen-bond donors (Lipinski definition) is 0. The number of esters is 1. The zero-order valence-electron chi connectivity index (χ0n) is 19.2. The molecule has 32 heavy (non-hydrogen) atoms. The minimum absolute atomic E-state index is 0.0162. The van der Waals surface area contributed by atoms with Gasteiger partial charge in [0.15, 0.2) is 0 Å². The third kappa shape index (κ3) is 5.18. The molecule has 3 rings (SSSR count). The molecule has 0 unspecified atom stereocenters. The van der Waals surface area contributed by atoms with Crippen LogP contribution in [0.25, 0.3) is 10.8 Å². The Balaban J connectivity index is 1.89. The standard InChI is InChI=1S/C24H29FN2O5/c1-15-17(13-20(28)31-5)12-16-6-7-18(25)14-19(16)21(15)22(29)26-8-10-27(11-9-26)23(30)32-24(2,3)4/h6-7,12,14H,8-11,13H2,1-5H3. The van der Waals surface area contributed by atoms with Crippen molar-refractivity contribution in [3.8, 4) is 0 Å². The Morgan fingerprint density at radius 3 is 2.25 bits per heavy atom. The van der Waals surface area contributed by atoms with Gasteiger partial charge in [-0.15, -0.1) is 0 Å². The number of ether oxygens (including phenoxy) is 2. The summed E-state index contributed by atoms with van der Waals surface area (Å²) in [7, 11) is 1.31. The fourth-order valence-corrected chi connectivity index (χ4v) is 3.79. The summed E-state index contributed by atoms with van der Waals surface area (Å²) in [6.07, 6.45) is -0.393. The molecule has 1 fully saturated rings. The number of fused-ring (bicyclic) bond motifs is 1. The number of carbonyl (C=O) groups is 3. The van der Waals surface area contributed by atoms with Gasteiger partial charge in [-0.1, -0.05) is 12.1 Å². The lowest BCUT2D eigenvalue weighted by Crippen LogP contribution is -2.51. The Bertz CT molecular complexity index is 1050. The quantitative estimate of drug-likeness (QED) is 0.675. The van der Waals surface area contributed by atoms with Crippen molar-refractivity contribution < 1.29 is 28.2 Å². The van der Waals surface area contributed by atoms with Gasteiger partial charge in [-0.05, 0) is 61.7 Å². The third-order valence-corrected chi connectivity index (χ3v) is 5.47. The van der Waals surface area contributed by atoms with Crippen LogP contribution < -0.4 is 0 Å². The number of hydrogen-bond acceptors (Lipinski definition) is 5. The third-order valence-electron chi connectivity index (χ3n) is 5.47. The molecule has 8 heteroatoms. The predicted molar refractivity (Wildman–Crippen MR) is 118 cm³/mol. The van der Waals surface area contributed by atoms with Crippen LogP contribution >= 0.6 is 0 Å². The van der Waals surface area contributed by atoms with Gasteiger partial charge in [0.25, 0.3) is 5.91 Å². The summed E-state index contributed by atoms with van der Waals surface area (Å²) in [5.74, 6) is -1.12. The molecule has 172 valence electrons. The fourth-order valence-electron chi connectivity index (χ4n) is 3.79. The van der Waals surface area contributed by atoms with Crippen LogP contribution in [0.5, 0.6) is 0 Å². The predicted octanol–water partition coefficient (Wildman–Crippen LogP) is 3.70. The minimum atomic E-state index is -0.593. The molecule has 0 saturated carbocycles. The van der Waals surface area contributed by atoms with E-state index in [-0.39, 0.29) is 12.3 Å². The second-order valence-corrected chi connectivity index (χ2v) is 8.91. The molecule has 0 N–H and O–H groups in total. The SMILES string of the molecule is COC(=O)Cc1cc2ccc(F)cc2c(C(=O)N2CCN(C(=O)OC(C)(C)C)CC2)c1C. The minimum Gasteiger partial charge on any atom is -0.469 e. The van der Waals surface area contributed by atoms with E-state index in [4.69, 9.17) is 9.47 Å². The second-order valence-electron chi connectivity index (χ2n) is 8.91. The summed E-state index contributed by atoms with van der Waals surface area (Å²) in [5.41, 5.74) is 1.05. The highest BCUT2D eigenvalue weighted by Crippen LogP contribution is 2.29. The number of benzene rings is 2. The van der Waals surface area contributed by atoms with E-state index in [0.29, 0.717) is 53.6 Å². The van der Waals surface area contributed by atoms with Crippen molar-refractivity contribution in [2.24, 2.45) is 0 Å². The topological polar surface area (TPSA) is 76.2 Å². The number of halogens is 1. The molecule has 1 aliphatic rings. The molecule has 0 spiro atoms. The van der Waals surface area contributed by atoms with Gasteiger partial charge in [-0.3, -0.25) is 9.59 Å². The maximum Gasteiger partial charge on any atom is 0.410 e. The zero-order chi connectivity index (χ0) is 23.6. The van der Waals surface area contributed by atoms with Crippen LogP contribution in [0.3, 0.4) is 0 Å². The molecular formula is C24H29FN2O5. The molecule has 2 aromatic rings. The molecular weight excluding hydrogens is 415 g/mol. The molecule has 0 aliphatic carbocycles. The number of amides is 2. The Labute approximate surface area is 187 Å². The Morgan fingerprint density at radius 2 is 1.66 bits per heavy atom. The van der Waals surface area contributed by atoms with E-state index >= 15 is 0 Å². The Morgan fingerprint density at radius 1 is 1.03 bits per heavy atom. The summed E-state index contributed by atoms with van der Waals surface area (Å²) in [6, 6.07) is 6.06. The first kappa shape index (κ1) is 23.5. The van der Waals surface area contributed by atoms with Crippen molar-refractivity contribution in [2.45, 2.75) is 39.7 Å². The highest BCUT2D eigenvalue weighted by atomic mass is 19.1. The fraction of sp³-hybridized carbons (Fsp3) is 0.458. The van der Waals surface area contributed by atoms with Gasteiger partial charge in [0.2, 0.25) is 0 Å². The van der Waals surface area contributed by atoms with Crippen LogP contribution in [-0.4, -0.2) is 66.7 Å². The largest absolute Gasteiger partial charge is 0.469 e. The lowest BCUT2D eigenvalue weighted by Gasteiger charge is -2.36. The summed E-state index contributed by atoms with van der Waals surface area (Å²) in [6.45, 7) is 8.51. The Kier molecular flexibility index (Phi) is 6.71. The first-order chi connectivity index (χ1) is 15.0.